The van der Waals surface area contributed by atoms with E-state index in [1.54, 1.807) is 0 Å². The molecule has 0 aliphatic carbocycles. The third-order valence-corrected chi connectivity index (χ3v) is 2.18. The fourth-order valence-electron chi connectivity index (χ4n) is 0.931. The van der Waals surface area contributed by atoms with E-state index in [0.29, 0.717) is 5.57 Å². The third-order valence-electron chi connectivity index (χ3n) is 2.18. The van der Waals surface area contributed by atoms with E-state index in [-0.39, 0.29) is 5.41 Å². The molecule has 0 aromatic heterocycles. The summed E-state index contributed by atoms with van der Waals surface area (Å²) in [7, 11) is 0. The zero-order chi connectivity index (χ0) is 9.61. The number of allylic oxidation sites excluding steroid dienone is 3. The highest BCUT2D eigenvalue weighted by atomic mass is 16.1. The molecule has 0 atom stereocenters. The van der Waals surface area contributed by atoms with E-state index in [1.165, 1.54) is 0 Å². The maximum absolute atomic E-state index is 10.5. The monoisotopic (exact) mass is 166 g/mol. The highest BCUT2D eigenvalue weighted by Crippen LogP contribution is 2.29. The van der Waals surface area contributed by atoms with Crippen molar-refractivity contribution in [1.82, 2.24) is 0 Å². The first-order valence-electron chi connectivity index (χ1n) is 4.30. The molecule has 12 heavy (non-hydrogen) atoms. The Morgan fingerprint density at radius 3 is 2.50 bits per heavy atom. The molecule has 0 spiro atoms. The van der Waals surface area contributed by atoms with Gasteiger partial charge in [0.25, 0.3) is 0 Å². The van der Waals surface area contributed by atoms with Crippen molar-refractivity contribution in [2.75, 3.05) is 0 Å². The van der Waals surface area contributed by atoms with E-state index in [4.69, 9.17) is 0 Å². The Hall–Kier alpha value is -0.850. The van der Waals surface area contributed by atoms with E-state index in [0.717, 1.165) is 19.1 Å². The van der Waals surface area contributed by atoms with Crippen molar-refractivity contribution in [3.05, 3.63) is 24.3 Å². The van der Waals surface area contributed by atoms with Gasteiger partial charge in [0.15, 0.2) is 0 Å². The summed E-state index contributed by atoms with van der Waals surface area (Å²) in [6.07, 6.45) is 6.99. The molecule has 0 aliphatic rings. The van der Waals surface area contributed by atoms with Crippen molar-refractivity contribution in [2.45, 2.75) is 33.6 Å². The molecular weight excluding hydrogens is 148 g/mol. The van der Waals surface area contributed by atoms with Crippen molar-refractivity contribution in [3.63, 3.8) is 0 Å². The average Bonchev–Trinajstić information content (AvgIpc) is 2.03. The van der Waals surface area contributed by atoms with E-state index in [1.807, 2.05) is 26.8 Å². The molecule has 0 heterocycles. The van der Waals surface area contributed by atoms with Crippen LogP contribution in [0.25, 0.3) is 0 Å². The molecular formula is C11H18O. The van der Waals surface area contributed by atoms with Gasteiger partial charge in [0.1, 0.15) is 6.29 Å². The smallest absolute Gasteiger partial charge is 0.145 e. The molecule has 0 N–H and O–H groups in total. The van der Waals surface area contributed by atoms with Crippen LogP contribution >= 0.6 is 0 Å². The van der Waals surface area contributed by atoms with Crippen LogP contribution in [-0.2, 0) is 4.79 Å². The van der Waals surface area contributed by atoms with E-state index >= 15 is 0 Å². The molecule has 1 heteroatoms. The van der Waals surface area contributed by atoms with Crippen molar-refractivity contribution in [1.29, 1.82) is 0 Å². The van der Waals surface area contributed by atoms with Crippen molar-refractivity contribution < 1.29 is 4.79 Å². The van der Waals surface area contributed by atoms with E-state index in [9.17, 15) is 4.79 Å². The van der Waals surface area contributed by atoms with Crippen molar-refractivity contribution in [3.8, 4) is 0 Å². The first kappa shape index (κ1) is 11.2. The quantitative estimate of drug-likeness (QED) is 0.348. The molecule has 0 rings (SSSR count). The largest absolute Gasteiger partial charge is 0.298 e. The Labute approximate surface area is 75.2 Å². The van der Waals surface area contributed by atoms with Gasteiger partial charge in [-0.2, -0.15) is 0 Å². The second kappa shape index (κ2) is 4.91. The standard InChI is InChI=1S/C11H18O/c1-5-6-7-8-11(3,4)10(2)9-12/h5-6,9H,2,7-8H2,1,3-4H3. The summed E-state index contributed by atoms with van der Waals surface area (Å²) in [5.74, 6) is 0. The lowest BCUT2D eigenvalue weighted by Gasteiger charge is -2.22. The average molecular weight is 166 g/mol. The third kappa shape index (κ3) is 3.51. The Balaban J connectivity index is 4.03. The maximum atomic E-state index is 10.5. The molecule has 1 nitrogen and oxygen atoms in total. The Morgan fingerprint density at radius 1 is 1.50 bits per heavy atom. The second-order valence-electron chi connectivity index (χ2n) is 3.63. The Bertz CT molecular complexity index is 187. The number of aldehydes is 1. The lowest BCUT2D eigenvalue weighted by molar-refractivity contribution is -0.105. The van der Waals surface area contributed by atoms with Crippen LogP contribution < -0.4 is 0 Å². The Kier molecular flexibility index (Phi) is 4.57. The summed E-state index contributed by atoms with van der Waals surface area (Å²) in [6, 6.07) is 0. The molecule has 68 valence electrons. The summed E-state index contributed by atoms with van der Waals surface area (Å²) < 4.78 is 0. The molecule has 0 amide bonds. The number of rotatable bonds is 5. The highest BCUT2D eigenvalue weighted by molar-refractivity contribution is 5.73. The molecule has 0 aromatic carbocycles. The fraction of sp³-hybridized carbons (Fsp3) is 0.545. The first-order valence-corrected chi connectivity index (χ1v) is 4.30. The lowest BCUT2D eigenvalue weighted by atomic mass is 9.81. The van der Waals surface area contributed by atoms with Gasteiger partial charge in [0.2, 0.25) is 0 Å². The second-order valence-corrected chi connectivity index (χ2v) is 3.63. The van der Waals surface area contributed by atoms with Gasteiger partial charge in [0, 0.05) is 0 Å². The zero-order valence-corrected chi connectivity index (χ0v) is 8.26. The molecule has 0 radical (unpaired) electrons. The van der Waals surface area contributed by atoms with Gasteiger partial charge in [0.05, 0.1) is 0 Å². The van der Waals surface area contributed by atoms with Crippen LogP contribution in [0.15, 0.2) is 24.3 Å². The normalized spacial score (nSPS) is 11.9. The number of hydrogen-bond donors (Lipinski definition) is 0. The van der Waals surface area contributed by atoms with Gasteiger partial charge < -0.3 is 0 Å². The predicted molar refractivity (Wildman–Crippen MR) is 53.0 cm³/mol. The van der Waals surface area contributed by atoms with E-state index < -0.39 is 0 Å². The maximum Gasteiger partial charge on any atom is 0.145 e. The van der Waals surface area contributed by atoms with Gasteiger partial charge in [-0.3, -0.25) is 4.79 Å². The SMILES string of the molecule is C=C(C=O)C(C)(C)CCC=CC. The van der Waals surface area contributed by atoms with Crippen LogP contribution in [0.3, 0.4) is 0 Å². The fourth-order valence-corrected chi connectivity index (χ4v) is 0.931. The minimum atomic E-state index is -0.0543. The summed E-state index contributed by atoms with van der Waals surface area (Å²) in [5, 5.41) is 0. The molecule has 0 saturated heterocycles. The van der Waals surface area contributed by atoms with Crippen molar-refractivity contribution in [2.24, 2.45) is 5.41 Å². The minimum Gasteiger partial charge on any atom is -0.298 e. The topological polar surface area (TPSA) is 17.1 Å². The minimum absolute atomic E-state index is 0.0543. The molecule has 0 aromatic rings. The summed E-state index contributed by atoms with van der Waals surface area (Å²) >= 11 is 0. The molecule has 0 unspecified atom stereocenters. The van der Waals surface area contributed by atoms with Crippen LogP contribution in [-0.4, -0.2) is 6.29 Å². The molecule has 0 aliphatic heterocycles. The van der Waals surface area contributed by atoms with E-state index in [2.05, 4.69) is 12.7 Å². The van der Waals surface area contributed by atoms with Gasteiger partial charge in [-0.25, -0.2) is 0 Å². The summed E-state index contributed by atoms with van der Waals surface area (Å²) in [4.78, 5) is 10.5. The molecule has 0 fully saturated rings. The number of carbonyl (C=O) groups excluding carboxylic acids is 1. The van der Waals surface area contributed by atoms with Gasteiger partial charge in [-0.1, -0.05) is 32.6 Å². The van der Waals surface area contributed by atoms with Crippen molar-refractivity contribution >= 4 is 6.29 Å². The first-order chi connectivity index (χ1) is 5.54. The predicted octanol–water partition coefficient (Wildman–Crippen LogP) is 3.12. The summed E-state index contributed by atoms with van der Waals surface area (Å²) in [6.45, 7) is 9.83. The molecule has 0 bridgehead atoms. The van der Waals surface area contributed by atoms with Crippen LogP contribution in [0.5, 0.6) is 0 Å². The highest BCUT2D eigenvalue weighted by Gasteiger charge is 2.19. The lowest BCUT2D eigenvalue weighted by Crippen LogP contribution is -2.14. The Morgan fingerprint density at radius 2 is 2.08 bits per heavy atom. The van der Waals surface area contributed by atoms with Crippen LogP contribution in [0.2, 0.25) is 0 Å². The van der Waals surface area contributed by atoms with Gasteiger partial charge in [-0.05, 0) is 30.8 Å². The number of hydrogen-bond acceptors (Lipinski definition) is 1. The van der Waals surface area contributed by atoms with Crippen LogP contribution in [0.4, 0.5) is 0 Å². The molecule has 0 saturated carbocycles. The van der Waals surface area contributed by atoms with Gasteiger partial charge in [-0.15, -0.1) is 0 Å². The number of carbonyl (C=O) groups is 1. The van der Waals surface area contributed by atoms with Crippen LogP contribution in [0.1, 0.15) is 33.6 Å². The van der Waals surface area contributed by atoms with Crippen LogP contribution in [0, 0.1) is 5.41 Å². The zero-order valence-electron chi connectivity index (χ0n) is 8.26. The van der Waals surface area contributed by atoms with Gasteiger partial charge >= 0.3 is 0 Å². The summed E-state index contributed by atoms with van der Waals surface area (Å²) in [5.41, 5.74) is 0.633.